The topological polar surface area (TPSA) is 38.3 Å². The van der Waals surface area contributed by atoms with Crippen LogP contribution in [0, 0.1) is 5.92 Å². The van der Waals surface area contributed by atoms with Gasteiger partial charge in [-0.3, -0.25) is 4.79 Å². The minimum atomic E-state index is 0.159. The molecule has 0 bridgehead atoms. The average molecular weight is 366 g/mol. The number of nitrogens with one attached hydrogen (secondary N) is 1. The highest BCUT2D eigenvalue weighted by Gasteiger charge is 2.44. The lowest BCUT2D eigenvalue weighted by atomic mass is 10.1. The summed E-state index contributed by atoms with van der Waals surface area (Å²) in [6.07, 6.45) is 5.81. The largest absolute Gasteiger partial charge is 0.378 e. The monoisotopic (exact) mass is 365 g/mol. The van der Waals surface area contributed by atoms with Crippen molar-refractivity contribution in [2.75, 3.05) is 6.61 Å². The summed E-state index contributed by atoms with van der Waals surface area (Å²) in [5, 5.41) is 3.17. The first-order valence-corrected chi connectivity index (χ1v) is 9.10. The summed E-state index contributed by atoms with van der Waals surface area (Å²) in [5.74, 6) is 0.776. The fraction of sp³-hybridized carbons (Fsp3) is 0.611. The molecule has 3 nitrogen and oxygen atoms in total. The van der Waals surface area contributed by atoms with Crippen molar-refractivity contribution in [1.29, 1.82) is 0 Å². The van der Waals surface area contributed by atoms with Gasteiger partial charge in [-0.1, -0.05) is 28.1 Å². The molecule has 120 valence electrons. The zero-order chi connectivity index (χ0) is 15.5. The van der Waals surface area contributed by atoms with Gasteiger partial charge in [0.05, 0.1) is 6.10 Å². The van der Waals surface area contributed by atoms with Gasteiger partial charge in [-0.15, -0.1) is 0 Å². The highest BCUT2D eigenvalue weighted by atomic mass is 79.9. The third-order valence-electron chi connectivity index (χ3n) is 4.76. The average Bonchev–Trinajstić information content (AvgIpc) is 3.13. The van der Waals surface area contributed by atoms with E-state index in [9.17, 15) is 4.79 Å². The SMILES string of the molecule is CC(CCC1CCCO1)NC(=O)C1CC1c1ccc(Br)cc1. The van der Waals surface area contributed by atoms with Crippen molar-refractivity contribution in [2.24, 2.45) is 5.92 Å². The van der Waals surface area contributed by atoms with Crippen LogP contribution in [-0.4, -0.2) is 24.7 Å². The molecular weight excluding hydrogens is 342 g/mol. The standard InChI is InChI=1S/C18H24BrNO2/c1-12(4-9-15-3-2-10-22-15)20-18(21)17-11-16(17)13-5-7-14(19)8-6-13/h5-8,12,15-17H,2-4,9-11H2,1H3,(H,20,21). The van der Waals surface area contributed by atoms with E-state index in [0.29, 0.717) is 12.0 Å². The van der Waals surface area contributed by atoms with Crippen molar-refractivity contribution in [3.05, 3.63) is 34.3 Å². The maximum absolute atomic E-state index is 12.3. The molecular formula is C18H24BrNO2. The van der Waals surface area contributed by atoms with Crippen LogP contribution >= 0.6 is 15.9 Å². The number of carbonyl (C=O) groups excluding carboxylic acids is 1. The van der Waals surface area contributed by atoms with E-state index in [2.05, 4.69) is 40.3 Å². The quantitative estimate of drug-likeness (QED) is 0.826. The molecule has 4 atom stereocenters. The predicted molar refractivity (Wildman–Crippen MR) is 90.8 cm³/mol. The number of carbonyl (C=O) groups is 1. The highest BCUT2D eigenvalue weighted by molar-refractivity contribution is 9.10. The zero-order valence-corrected chi connectivity index (χ0v) is 14.6. The number of hydrogen-bond acceptors (Lipinski definition) is 2. The normalized spacial score (nSPS) is 28.4. The van der Waals surface area contributed by atoms with Crippen LogP contribution in [0.25, 0.3) is 0 Å². The van der Waals surface area contributed by atoms with E-state index in [0.717, 1.165) is 30.3 Å². The fourth-order valence-corrected chi connectivity index (χ4v) is 3.56. The molecule has 1 aliphatic carbocycles. The molecule has 1 saturated heterocycles. The van der Waals surface area contributed by atoms with Crippen LogP contribution < -0.4 is 5.32 Å². The number of halogens is 1. The lowest BCUT2D eigenvalue weighted by Crippen LogP contribution is -2.34. The molecule has 1 aliphatic heterocycles. The fourth-order valence-electron chi connectivity index (χ4n) is 3.29. The molecule has 0 radical (unpaired) electrons. The Kier molecular flexibility index (Phi) is 5.19. The zero-order valence-electron chi connectivity index (χ0n) is 13.1. The summed E-state index contributed by atoms with van der Waals surface area (Å²) >= 11 is 3.45. The van der Waals surface area contributed by atoms with Gasteiger partial charge in [-0.25, -0.2) is 0 Å². The Morgan fingerprint density at radius 1 is 1.41 bits per heavy atom. The minimum Gasteiger partial charge on any atom is -0.378 e. The summed E-state index contributed by atoms with van der Waals surface area (Å²) < 4.78 is 6.72. The minimum absolute atomic E-state index is 0.159. The van der Waals surface area contributed by atoms with Gasteiger partial charge < -0.3 is 10.1 Å². The van der Waals surface area contributed by atoms with Crippen molar-refractivity contribution in [3.8, 4) is 0 Å². The summed E-state index contributed by atoms with van der Waals surface area (Å²) in [4.78, 5) is 12.3. The molecule has 4 heteroatoms. The van der Waals surface area contributed by atoms with Crippen LogP contribution in [0.15, 0.2) is 28.7 Å². The van der Waals surface area contributed by atoms with Gasteiger partial charge in [0.1, 0.15) is 0 Å². The first kappa shape index (κ1) is 16.0. The Labute approximate surface area is 140 Å². The first-order valence-electron chi connectivity index (χ1n) is 8.31. The molecule has 1 amide bonds. The lowest BCUT2D eigenvalue weighted by Gasteiger charge is -2.16. The van der Waals surface area contributed by atoms with Crippen molar-refractivity contribution in [1.82, 2.24) is 5.32 Å². The van der Waals surface area contributed by atoms with E-state index in [1.165, 1.54) is 18.4 Å². The molecule has 0 spiro atoms. The van der Waals surface area contributed by atoms with E-state index >= 15 is 0 Å². The van der Waals surface area contributed by atoms with Gasteiger partial charge in [-0.05, 0) is 62.6 Å². The van der Waals surface area contributed by atoms with Crippen LogP contribution in [-0.2, 0) is 9.53 Å². The van der Waals surface area contributed by atoms with Gasteiger partial charge in [0.15, 0.2) is 0 Å². The Morgan fingerprint density at radius 3 is 2.86 bits per heavy atom. The third kappa shape index (κ3) is 4.11. The number of rotatable bonds is 6. The second kappa shape index (κ2) is 7.14. The van der Waals surface area contributed by atoms with Crippen LogP contribution in [0.3, 0.4) is 0 Å². The lowest BCUT2D eigenvalue weighted by molar-refractivity contribution is -0.123. The summed E-state index contributed by atoms with van der Waals surface area (Å²) in [7, 11) is 0. The molecule has 4 unspecified atom stereocenters. The van der Waals surface area contributed by atoms with E-state index in [-0.39, 0.29) is 17.9 Å². The van der Waals surface area contributed by atoms with Gasteiger partial charge in [0, 0.05) is 23.0 Å². The predicted octanol–water partition coefficient (Wildman–Crippen LogP) is 4.02. The maximum Gasteiger partial charge on any atom is 0.223 e. The summed E-state index contributed by atoms with van der Waals surface area (Å²) in [5.41, 5.74) is 1.27. The molecule has 2 aliphatic rings. The number of amides is 1. The van der Waals surface area contributed by atoms with E-state index in [1.54, 1.807) is 0 Å². The number of hydrogen-bond donors (Lipinski definition) is 1. The highest BCUT2D eigenvalue weighted by Crippen LogP contribution is 2.47. The third-order valence-corrected chi connectivity index (χ3v) is 5.29. The van der Waals surface area contributed by atoms with Crippen LogP contribution in [0.2, 0.25) is 0 Å². The Hall–Kier alpha value is -0.870. The number of benzene rings is 1. The molecule has 3 rings (SSSR count). The van der Waals surface area contributed by atoms with Crippen LogP contribution in [0.1, 0.15) is 50.5 Å². The van der Waals surface area contributed by atoms with Crippen molar-refractivity contribution in [3.63, 3.8) is 0 Å². The van der Waals surface area contributed by atoms with Crippen molar-refractivity contribution < 1.29 is 9.53 Å². The van der Waals surface area contributed by atoms with Gasteiger partial charge >= 0.3 is 0 Å². The molecule has 1 aromatic rings. The molecule has 22 heavy (non-hydrogen) atoms. The number of ether oxygens (including phenoxy) is 1. The molecule has 1 saturated carbocycles. The summed E-state index contributed by atoms with van der Waals surface area (Å²) in [6.45, 7) is 3.01. The molecule has 2 fully saturated rings. The van der Waals surface area contributed by atoms with Crippen molar-refractivity contribution >= 4 is 21.8 Å². The second-order valence-corrected chi connectivity index (χ2v) is 7.54. The van der Waals surface area contributed by atoms with Gasteiger partial charge in [0.25, 0.3) is 0 Å². The second-order valence-electron chi connectivity index (χ2n) is 6.62. The van der Waals surface area contributed by atoms with Crippen LogP contribution in [0.5, 0.6) is 0 Å². The van der Waals surface area contributed by atoms with E-state index in [4.69, 9.17) is 4.74 Å². The van der Waals surface area contributed by atoms with E-state index in [1.807, 2.05) is 12.1 Å². The van der Waals surface area contributed by atoms with Crippen molar-refractivity contribution in [2.45, 2.75) is 57.1 Å². The Bertz CT molecular complexity index is 510. The van der Waals surface area contributed by atoms with Gasteiger partial charge in [-0.2, -0.15) is 0 Å². The van der Waals surface area contributed by atoms with Gasteiger partial charge in [0.2, 0.25) is 5.91 Å². The summed E-state index contributed by atoms with van der Waals surface area (Å²) in [6, 6.07) is 8.56. The van der Waals surface area contributed by atoms with E-state index < -0.39 is 0 Å². The molecule has 1 aromatic carbocycles. The molecule has 1 N–H and O–H groups in total. The van der Waals surface area contributed by atoms with Crippen LogP contribution in [0.4, 0.5) is 0 Å². The Balaban J connectivity index is 1.41. The first-order chi connectivity index (χ1) is 10.6. The maximum atomic E-state index is 12.3. The smallest absolute Gasteiger partial charge is 0.223 e. The molecule has 1 heterocycles. The Morgan fingerprint density at radius 2 is 2.18 bits per heavy atom. The molecule has 0 aromatic heterocycles.